The second-order valence-electron chi connectivity index (χ2n) is 5.79. The number of rotatable bonds is 5. The van der Waals surface area contributed by atoms with Crippen LogP contribution >= 0.6 is 0 Å². The molecule has 0 radical (unpaired) electrons. The largest absolute Gasteiger partial charge is 0.508 e. The number of sulfone groups is 1. The van der Waals surface area contributed by atoms with Crippen LogP contribution in [0.4, 0.5) is 0 Å². The summed E-state index contributed by atoms with van der Waals surface area (Å²) in [5.41, 5.74) is 1.23. The van der Waals surface area contributed by atoms with Gasteiger partial charge in [0.15, 0.2) is 0 Å². The minimum atomic E-state index is -3.54. The predicted molar refractivity (Wildman–Crippen MR) is 87.9 cm³/mol. The molecule has 22 heavy (non-hydrogen) atoms. The van der Waals surface area contributed by atoms with Crippen molar-refractivity contribution < 1.29 is 13.5 Å². The van der Waals surface area contributed by atoms with E-state index in [4.69, 9.17) is 0 Å². The second kappa shape index (κ2) is 6.13. The number of benzene rings is 2. The fourth-order valence-corrected chi connectivity index (χ4v) is 3.72. The molecule has 0 amide bonds. The SMILES string of the molecule is CCC(C)(CC)c1ccc(S(=O)(=O)c2ccc(O)cc2)cc1. The van der Waals surface area contributed by atoms with Crippen molar-refractivity contribution in [3.8, 4) is 5.75 Å². The summed E-state index contributed by atoms with van der Waals surface area (Å²) in [6.45, 7) is 6.48. The Bertz CT molecular complexity index is 725. The monoisotopic (exact) mass is 318 g/mol. The van der Waals surface area contributed by atoms with E-state index in [1.165, 1.54) is 24.3 Å². The molecule has 0 spiro atoms. The van der Waals surface area contributed by atoms with E-state index in [9.17, 15) is 13.5 Å². The Labute approximate surface area is 132 Å². The third-order valence-corrected chi connectivity index (χ3v) is 6.35. The van der Waals surface area contributed by atoms with Gasteiger partial charge in [-0.3, -0.25) is 0 Å². The Kier molecular flexibility index (Phi) is 4.61. The van der Waals surface area contributed by atoms with Gasteiger partial charge in [0.05, 0.1) is 9.79 Å². The highest BCUT2D eigenvalue weighted by Crippen LogP contribution is 2.32. The van der Waals surface area contributed by atoms with Crippen molar-refractivity contribution in [2.45, 2.75) is 48.8 Å². The molecule has 2 rings (SSSR count). The van der Waals surface area contributed by atoms with Gasteiger partial charge in [0.1, 0.15) is 5.75 Å². The van der Waals surface area contributed by atoms with Gasteiger partial charge >= 0.3 is 0 Å². The van der Waals surface area contributed by atoms with Crippen LogP contribution in [0.3, 0.4) is 0 Å². The molecule has 2 aromatic carbocycles. The topological polar surface area (TPSA) is 54.4 Å². The lowest BCUT2D eigenvalue weighted by Gasteiger charge is -2.27. The molecule has 0 saturated heterocycles. The summed E-state index contributed by atoms with van der Waals surface area (Å²) in [5, 5.41) is 9.28. The Morgan fingerprint density at radius 3 is 1.68 bits per heavy atom. The maximum atomic E-state index is 12.6. The van der Waals surface area contributed by atoms with Gasteiger partial charge in [-0.1, -0.05) is 32.9 Å². The first-order chi connectivity index (χ1) is 10.3. The average molecular weight is 318 g/mol. The molecule has 0 fully saturated rings. The molecule has 0 heterocycles. The molecular weight excluding hydrogens is 296 g/mol. The van der Waals surface area contributed by atoms with Gasteiger partial charge in [0.25, 0.3) is 0 Å². The Morgan fingerprint density at radius 1 is 0.864 bits per heavy atom. The Hall–Kier alpha value is -1.81. The lowest BCUT2D eigenvalue weighted by molar-refractivity contribution is 0.438. The lowest BCUT2D eigenvalue weighted by Crippen LogP contribution is -2.19. The summed E-state index contributed by atoms with van der Waals surface area (Å²) >= 11 is 0. The van der Waals surface area contributed by atoms with Crippen LogP contribution < -0.4 is 0 Å². The zero-order valence-electron chi connectivity index (χ0n) is 13.2. The van der Waals surface area contributed by atoms with Crippen molar-refractivity contribution in [3.05, 3.63) is 54.1 Å². The van der Waals surface area contributed by atoms with Crippen LogP contribution in [0, 0.1) is 0 Å². The van der Waals surface area contributed by atoms with Crippen LogP contribution in [0.2, 0.25) is 0 Å². The highest BCUT2D eigenvalue weighted by molar-refractivity contribution is 7.91. The molecule has 0 saturated carbocycles. The van der Waals surface area contributed by atoms with E-state index < -0.39 is 9.84 Å². The molecular formula is C18H22O3S. The first-order valence-corrected chi connectivity index (χ1v) is 8.96. The summed E-state index contributed by atoms with van der Waals surface area (Å²) in [6, 6.07) is 12.7. The first kappa shape index (κ1) is 16.6. The predicted octanol–water partition coefficient (Wildman–Crippen LogP) is 4.30. The molecule has 0 atom stereocenters. The van der Waals surface area contributed by atoms with Crippen LogP contribution in [-0.2, 0) is 15.3 Å². The van der Waals surface area contributed by atoms with Crippen LogP contribution in [0.1, 0.15) is 39.2 Å². The third-order valence-electron chi connectivity index (χ3n) is 4.57. The first-order valence-electron chi connectivity index (χ1n) is 7.48. The van der Waals surface area contributed by atoms with Crippen LogP contribution in [0.5, 0.6) is 5.75 Å². The minimum Gasteiger partial charge on any atom is -0.508 e. The molecule has 0 bridgehead atoms. The molecule has 0 unspecified atom stereocenters. The van der Waals surface area contributed by atoms with Gasteiger partial charge in [-0.05, 0) is 60.2 Å². The van der Waals surface area contributed by atoms with Gasteiger partial charge in [0, 0.05) is 0 Å². The smallest absolute Gasteiger partial charge is 0.206 e. The van der Waals surface area contributed by atoms with E-state index in [0.717, 1.165) is 18.4 Å². The van der Waals surface area contributed by atoms with E-state index in [2.05, 4.69) is 20.8 Å². The quantitative estimate of drug-likeness (QED) is 0.894. The zero-order chi connectivity index (χ0) is 16.4. The van der Waals surface area contributed by atoms with E-state index in [1.807, 2.05) is 12.1 Å². The molecule has 1 N–H and O–H groups in total. The van der Waals surface area contributed by atoms with Crippen LogP contribution in [-0.4, -0.2) is 13.5 Å². The highest BCUT2D eigenvalue weighted by Gasteiger charge is 2.23. The van der Waals surface area contributed by atoms with Gasteiger partial charge < -0.3 is 5.11 Å². The lowest BCUT2D eigenvalue weighted by atomic mass is 9.78. The van der Waals surface area contributed by atoms with Gasteiger partial charge in [-0.25, -0.2) is 8.42 Å². The fraction of sp³-hybridized carbons (Fsp3) is 0.333. The summed E-state index contributed by atoms with van der Waals surface area (Å²) in [4.78, 5) is 0.461. The maximum absolute atomic E-state index is 12.6. The number of hydrogen-bond donors (Lipinski definition) is 1. The Morgan fingerprint density at radius 2 is 1.27 bits per heavy atom. The van der Waals surface area contributed by atoms with Crippen LogP contribution in [0.15, 0.2) is 58.3 Å². The Balaban J connectivity index is 2.40. The molecule has 4 heteroatoms. The number of hydrogen-bond acceptors (Lipinski definition) is 3. The number of phenols is 1. The number of aromatic hydroxyl groups is 1. The van der Waals surface area contributed by atoms with E-state index in [1.54, 1.807) is 12.1 Å². The van der Waals surface area contributed by atoms with Crippen molar-refractivity contribution >= 4 is 9.84 Å². The third kappa shape index (κ3) is 3.02. The molecule has 2 aromatic rings. The number of phenolic OH excluding ortho intramolecular Hbond substituents is 1. The van der Waals surface area contributed by atoms with Crippen molar-refractivity contribution in [1.29, 1.82) is 0 Å². The van der Waals surface area contributed by atoms with E-state index >= 15 is 0 Å². The molecule has 0 aliphatic heterocycles. The molecule has 118 valence electrons. The normalized spacial score (nSPS) is 12.3. The maximum Gasteiger partial charge on any atom is 0.206 e. The van der Waals surface area contributed by atoms with Crippen molar-refractivity contribution in [3.63, 3.8) is 0 Å². The second-order valence-corrected chi connectivity index (χ2v) is 7.74. The molecule has 0 aromatic heterocycles. The summed E-state index contributed by atoms with van der Waals surface area (Å²) < 4.78 is 25.1. The zero-order valence-corrected chi connectivity index (χ0v) is 14.0. The minimum absolute atomic E-state index is 0.0518. The van der Waals surface area contributed by atoms with Crippen LogP contribution in [0.25, 0.3) is 0 Å². The van der Waals surface area contributed by atoms with Crippen molar-refractivity contribution in [1.82, 2.24) is 0 Å². The van der Waals surface area contributed by atoms with E-state index in [0.29, 0.717) is 0 Å². The average Bonchev–Trinajstić information content (AvgIpc) is 2.54. The summed E-state index contributed by atoms with van der Waals surface area (Å²) in [7, 11) is -3.54. The summed E-state index contributed by atoms with van der Waals surface area (Å²) in [5.74, 6) is 0.0518. The highest BCUT2D eigenvalue weighted by atomic mass is 32.2. The standard InChI is InChI=1S/C18H22O3S/c1-4-18(3,5-2)14-6-10-16(11-7-14)22(20,21)17-12-8-15(19)9-13-17/h6-13,19H,4-5H2,1-3H3. The van der Waals surface area contributed by atoms with Gasteiger partial charge in [0.2, 0.25) is 9.84 Å². The molecule has 3 nitrogen and oxygen atoms in total. The van der Waals surface area contributed by atoms with E-state index in [-0.39, 0.29) is 21.0 Å². The fourth-order valence-electron chi connectivity index (χ4n) is 2.46. The van der Waals surface area contributed by atoms with Gasteiger partial charge in [-0.15, -0.1) is 0 Å². The van der Waals surface area contributed by atoms with Crippen molar-refractivity contribution in [2.24, 2.45) is 0 Å². The summed E-state index contributed by atoms with van der Waals surface area (Å²) in [6.07, 6.45) is 2.01. The van der Waals surface area contributed by atoms with Crippen molar-refractivity contribution in [2.75, 3.05) is 0 Å². The molecule has 0 aliphatic carbocycles. The molecule has 0 aliphatic rings. The van der Waals surface area contributed by atoms with Gasteiger partial charge in [-0.2, -0.15) is 0 Å².